The molecule has 8 heteroatoms. The third-order valence-corrected chi connectivity index (χ3v) is 5.66. The first-order valence-corrected chi connectivity index (χ1v) is 11.4. The van der Waals surface area contributed by atoms with Gasteiger partial charge in [-0.25, -0.2) is 14.5 Å². The van der Waals surface area contributed by atoms with Crippen molar-refractivity contribution in [3.8, 4) is 5.69 Å². The molecule has 1 aliphatic heterocycles. The molecule has 1 aliphatic rings. The smallest absolute Gasteiger partial charge is 0.410 e. The number of hydrogen-bond acceptors (Lipinski definition) is 6. The molecule has 3 aromatic rings. The van der Waals surface area contributed by atoms with Crippen LogP contribution in [0.5, 0.6) is 0 Å². The number of fused-ring (bicyclic) bond motifs is 1. The van der Waals surface area contributed by atoms with Crippen LogP contribution in [0.4, 0.5) is 16.4 Å². The summed E-state index contributed by atoms with van der Waals surface area (Å²) in [5, 5.41) is 5.74. The molecule has 1 aromatic carbocycles. The maximum absolute atomic E-state index is 12.3. The van der Waals surface area contributed by atoms with Crippen LogP contribution in [0.15, 0.2) is 36.4 Å². The summed E-state index contributed by atoms with van der Waals surface area (Å²) in [6.45, 7) is 14.7. The minimum absolute atomic E-state index is 0.0693. The maximum atomic E-state index is 12.3. The fourth-order valence-corrected chi connectivity index (χ4v) is 3.82. The Balaban J connectivity index is 1.49. The molecule has 1 saturated heterocycles. The largest absolute Gasteiger partial charge is 0.444 e. The minimum atomic E-state index is -0.484. The van der Waals surface area contributed by atoms with Gasteiger partial charge in [-0.2, -0.15) is 5.10 Å². The van der Waals surface area contributed by atoms with Crippen molar-refractivity contribution < 1.29 is 9.53 Å². The molecule has 3 heterocycles. The van der Waals surface area contributed by atoms with Gasteiger partial charge in [0.25, 0.3) is 0 Å². The number of rotatable bonds is 2. The summed E-state index contributed by atoms with van der Waals surface area (Å²) in [6, 6.07) is 12.1. The lowest BCUT2D eigenvalue weighted by Crippen LogP contribution is -2.50. The third kappa shape index (κ3) is 5.05. The highest BCUT2D eigenvalue weighted by Crippen LogP contribution is 2.27. The minimum Gasteiger partial charge on any atom is -0.444 e. The van der Waals surface area contributed by atoms with E-state index in [2.05, 4.69) is 37.8 Å². The van der Waals surface area contributed by atoms with Crippen LogP contribution in [0.3, 0.4) is 0 Å². The molecule has 0 radical (unpaired) electrons. The lowest BCUT2D eigenvalue weighted by atomic mass is 9.92. The first-order valence-electron chi connectivity index (χ1n) is 11.4. The Hall–Kier alpha value is -3.29. The number of benzene rings is 1. The van der Waals surface area contributed by atoms with Gasteiger partial charge in [-0.05, 0) is 51.1 Å². The molecule has 33 heavy (non-hydrogen) atoms. The molecular weight excluding hydrogens is 416 g/mol. The molecule has 0 unspecified atom stereocenters. The Morgan fingerprint density at radius 2 is 1.67 bits per heavy atom. The average molecular weight is 451 g/mol. The second-order valence-electron chi connectivity index (χ2n) is 10.6. The van der Waals surface area contributed by atoms with Crippen molar-refractivity contribution in [2.45, 2.75) is 52.6 Å². The number of hydrogen-bond donors (Lipinski definition) is 1. The topological polar surface area (TPSA) is 89.5 Å². The number of nitrogen functional groups attached to an aromatic ring is 1. The van der Waals surface area contributed by atoms with Crippen LogP contribution in [0, 0.1) is 0 Å². The molecule has 2 aromatic heterocycles. The van der Waals surface area contributed by atoms with Gasteiger partial charge in [0.1, 0.15) is 17.2 Å². The molecule has 4 rings (SSSR count). The molecule has 0 bridgehead atoms. The molecule has 0 saturated carbocycles. The SMILES string of the molecule is CC(C)(C)OC(=O)N1CCN(c2ccc3cc(-n4nc(C(C)(C)C)cc4N)ccc3n2)CC1. The van der Waals surface area contributed by atoms with E-state index in [0.29, 0.717) is 18.9 Å². The van der Waals surface area contributed by atoms with Gasteiger partial charge < -0.3 is 20.3 Å². The van der Waals surface area contributed by atoms with Crippen molar-refractivity contribution in [2.24, 2.45) is 0 Å². The van der Waals surface area contributed by atoms with E-state index in [-0.39, 0.29) is 11.5 Å². The molecule has 2 N–H and O–H groups in total. The predicted octanol–water partition coefficient (Wildman–Crippen LogP) is 4.36. The molecule has 0 aliphatic carbocycles. The summed E-state index contributed by atoms with van der Waals surface area (Å²) in [5.74, 6) is 1.53. The second-order valence-corrected chi connectivity index (χ2v) is 10.6. The van der Waals surface area contributed by atoms with Crippen LogP contribution in [0.2, 0.25) is 0 Å². The van der Waals surface area contributed by atoms with Gasteiger partial charge in [0.2, 0.25) is 0 Å². The summed E-state index contributed by atoms with van der Waals surface area (Å²) in [6.07, 6.45) is -0.256. The van der Waals surface area contributed by atoms with Crippen molar-refractivity contribution in [3.05, 3.63) is 42.1 Å². The second kappa shape index (κ2) is 8.24. The third-order valence-electron chi connectivity index (χ3n) is 5.66. The number of nitrogens with two attached hydrogens (primary N) is 1. The van der Waals surface area contributed by atoms with E-state index in [1.165, 1.54) is 0 Å². The Bertz CT molecular complexity index is 1160. The molecule has 0 atom stereocenters. The summed E-state index contributed by atoms with van der Waals surface area (Å²) < 4.78 is 7.27. The van der Waals surface area contributed by atoms with Gasteiger partial charge >= 0.3 is 6.09 Å². The molecule has 1 fully saturated rings. The number of anilines is 2. The van der Waals surface area contributed by atoms with Crippen molar-refractivity contribution in [1.82, 2.24) is 19.7 Å². The lowest BCUT2D eigenvalue weighted by Gasteiger charge is -2.36. The normalized spacial score (nSPS) is 15.2. The highest BCUT2D eigenvalue weighted by atomic mass is 16.6. The fourth-order valence-electron chi connectivity index (χ4n) is 3.82. The maximum Gasteiger partial charge on any atom is 0.410 e. The lowest BCUT2D eigenvalue weighted by molar-refractivity contribution is 0.0240. The Labute approximate surface area is 195 Å². The zero-order valence-corrected chi connectivity index (χ0v) is 20.4. The van der Waals surface area contributed by atoms with Crippen molar-refractivity contribution in [3.63, 3.8) is 0 Å². The Morgan fingerprint density at radius 3 is 2.27 bits per heavy atom. The first-order chi connectivity index (χ1) is 15.4. The number of nitrogens with zero attached hydrogens (tertiary/aromatic N) is 5. The van der Waals surface area contributed by atoms with Crippen LogP contribution in [-0.4, -0.2) is 57.5 Å². The number of amides is 1. The van der Waals surface area contributed by atoms with Crippen LogP contribution in [0.1, 0.15) is 47.2 Å². The number of carbonyl (C=O) groups excluding carboxylic acids is 1. The van der Waals surface area contributed by atoms with E-state index in [4.69, 9.17) is 20.6 Å². The van der Waals surface area contributed by atoms with E-state index in [1.807, 2.05) is 45.0 Å². The molecule has 8 nitrogen and oxygen atoms in total. The van der Waals surface area contributed by atoms with Gasteiger partial charge in [0.05, 0.1) is 16.9 Å². The van der Waals surface area contributed by atoms with Crippen LogP contribution >= 0.6 is 0 Å². The van der Waals surface area contributed by atoms with Gasteiger partial charge in [-0.15, -0.1) is 0 Å². The van der Waals surface area contributed by atoms with E-state index in [1.54, 1.807) is 9.58 Å². The van der Waals surface area contributed by atoms with Crippen LogP contribution < -0.4 is 10.6 Å². The number of piperazine rings is 1. The zero-order chi connectivity index (χ0) is 24.0. The average Bonchev–Trinajstić information content (AvgIpc) is 3.14. The predicted molar refractivity (Wildman–Crippen MR) is 132 cm³/mol. The Morgan fingerprint density at radius 1 is 0.970 bits per heavy atom. The van der Waals surface area contributed by atoms with Crippen LogP contribution in [0.25, 0.3) is 16.6 Å². The standard InChI is InChI=1S/C25H34N6O2/c1-24(2,3)20-16-21(26)31(28-20)18-8-9-19-17(15-18)7-10-22(27-19)29-11-13-30(14-12-29)23(32)33-25(4,5)6/h7-10,15-16H,11-14,26H2,1-6H3. The Kier molecular flexibility index (Phi) is 5.72. The van der Waals surface area contributed by atoms with Crippen molar-refractivity contribution in [2.75, 3.05) is 36.8 Å². The van der Waals surface area contributed by atoms with Gasteiger partial charge in [0, 0.05) is 43.0 Å². The zero-order valence-electron chi connectivity index (χ0n) is 20.4. The van der Waals surface area contributed by atoms with Gasteiger partial charge in [0.15, 0.2) is 0 Å². The molecule has 176 valence electrons. The van der Waals surface area contributed by atoms with E-state index in [0.717, 1.165) is 41.2 Å². The van der Waals surface area contributed by atoms with E-state index >= 15 is 0 Å². The summed E-state index contributed by atoms with van der Waals surface area (Å²) in [7, 11) is 0. The first kappa shape index (κ1) is 22.9. The molecule has 1 amide bonds. The highest BCUT2D eigenvalue weighted by molar-refractivity contribution is 5.82. The number of aromatic nitrogens is 3. The summed E-state index contributed by atoms with van der Waals surface area (Å²) in [5.41, 5.74) is 8.47. The summed E-state index contributed by atoms with van der Waals surface area (Å²) >= 11 is 0. The highest BCUT2D eigenvalue weighted by Gasteiger charge is 2.26. The van der Waals surface area contributed by atoms with Crippen molar-refractivity contribution in [1.29, 1.82) is 0 Å². The number of pyridine rings is 1. The number of ether oxygens (including phenoxy) is 1. The monoisotopic (exact) mass is 450 g/mol. The molecular formula is C25H34N6O2. The van der Waals surface area contributed by atoms with Gasteiger partial charge in [-0.1, -0.05) is 20.8 Å². The van der Waals surface area contributed by atoms with Crippen molar-refractivity contribution >= 4 is 28.6 Å². The number of carbonyl (C=O) groups is 1. The van der Waals surface area contributed by atoms with Gasteiger partial charge in [-0.3, -0.25) is 0 Å². The quantitative estimate of drug-likeness (QED) is 0.624. The summed E-state index contributed by atoms with van der Waals surface area (Å²) in [4.78, 5) is 21.1. The molecule has 0 spiro atoms. The van der Waals surface area contributed by atoms with Crippen LogP contribution in [-0.2, 0) is 10.2 Å². The fraction of sp³-hybridized carbons (Fsp3) is 0.480. The van der Waals surface area contributed by atoms with E-state index in [9.17, 15) is 4.79 Å². The van der Waals surface area contributed by atoms with E-state index < -0.39 is 5.60 Å².